The van der Waals surface area contributed by atoms with E-state index >= 15 is 0 Å². The third-order valence-corrected chi connectivity index (χ3v) is 5.00. The summed E-state index contributed by atoms with van der Waals surface area (Å²) < 4.78 is 15.8. The van der Waals surface area contributed by atoms with Crippen LogP contribution in [0.15, 0.2) is 47.6 Å². The van der Waals surface area contributed by atoms with Crippen molar-refractivity contribution in [3.05, 3.63) is 48.0 Å². The highest BCUT2D eigenvalue weighted by atomic mass is 16.5. The highest BCUT2D eigenvalue weighted by Gasteiger charge is 2.26. The molecule has 9 heteroatoms. The number of carbonyl (C=O) groups excluding carboxylic acids is 2. The summed E-state index contributed by atoms with van der Waals surface area (Å²) in [6.07, 6.45) is 1.42. The molecule has 1 aliphatic heterocycles. The number of benzene rings is 2. The molecular formula is C22H26N4O5. The van der Waals surface area contributed by atoms with Gasteiger partial charge in [-0.05, 0) is 24.3 Å². The lowest BCUT2D eigenvalue weighted by Gasteiger charge is -2.36. The first-order valence-corrected chi connectivity index (χ1v) is 9.79. The second kappa shape index (κ2) is 10.3. The highest BCUT2D eigenvalue weighted by molar-refractivity contribution is 6.35. The molecule has 0 aromatic heterocycles. The zero-order valence-electron chi connectivity index (χ0n) is 17.8. The summed E-state index contributed by atoms with van der Waals surface area (Å²) in [5.41, 5.74) is 3.90. The number of hydrogen-bond acceptors (Lipinski definition) is 7. The Hall–Kier alpha value is -3.75. The van der Waals surface area contributed by atoms with E-state index in [1.165, 1.54) is 18.2 Å². The molecule has 2 aromatic carbocycles. The molecule has 2 aromatic rings. The number of hydrogen-bond donors (Lipinski definition) is 1. The summed E-state index contributed by atoms with van der Waals surface area (Å²) in [7, 11) is 4.72. The van der Waals surface area contributed by atoms with Gasteiger partial charge in [-0.1, -0.05) is 12.1 Å². The van der Waals surface area contributed by atoms with E-state index in [-0.39, 0.29) is 0 Å². The minimum absolute atomic E-state index is 0.431. The van der Waals surface area contributed by atoms with Crippen LogP contribution in [0.2, 0.25) is 0 Å². The first-order chi connectivity index (χ1) is 15.1. The van der Waals surface area contributed by atoms with Crippen molar-refractivity contribution in [1.29, 1.82) is 0 Å². The predicted octanol–water partition coefficient (Wildman–Crippen LogP) is 1.51. The van der Waals surface area contributed by atoms with Crippen LogP contribution in [0.5, 0.6) is 17.2 Å². The van der Waals surface area contributed by atoms with E-state index in [1.807, 2.05) is 24.3 Å². The molecule has 1 N–H and O–H groups in total. The first-order valence-electron chi connectivity index (χ1n) is 9.79. The van der Waals surface area contributed by atoms with Gasteiger partial charge >= 0.3 is 11.8 Å². The average Bonchev–Trinajstić information content (AvgIpc) is 2.83. The third kappa shape index (κ3) is 5.25. The average molecular weight is 426 g/mol. The number of para-hydroxylation sites is 2. The summed E-state index contributed by atoms with van der Waals surface area (Å²) in [6.45, 7) is 2.07. The number of amides is 2. The second-order valence-electron chi connectivity index (χ2n) is 6.76. The maximum absolute atomic E-state index is 12.5. The molecule has 1 heterocycles. The zero-order valence-corrected chi connectivity index (χ0v) is 17.8. The molecule has 0 radical (unpaired) electrons. The minimum Gasteiger partial charge on any atom is -0.497 e. The summed E-state index contributed by atoms with van der Waals surface area (Å²) >= 11 is 0. The first kappa shape index (κ1) is 21.9. The summed E-state index contributed by atoms with van der Waals surface area (Å²) in [5.74, 6) is 0.563. The molecule has 0 spiro atoms. The summed E-state index contributed by atoms with van der Waals surface area (Å²) in [4.78, 5) is 28.4. The van der Waals surface area contributed by atoms with Crippen LogP contribution in [0.4, 0.5) is 5.69 Å². The minimum atomic E-state index is -0.783. The van der Waals surface area contributed by atoms with Gasteiger partial charge in [0, 0.05) is 37.8 Å². The molecule has 0 bridgehead atoms. The third-order valence-electron chi connectivity index (χ3n) is 5.00. The van der Waals surface area contributed by atoms with Gasteiger partial charge in [-0.2, -0.15) is 5.10 Å². The Balaban J connectivity index is 1.54. The van der Waals surface area contributed by atoms with Crippen LogP contribution >= 0.6 is 0 Å². The van der Waals surface area contributed by atoms with Gasteiger partial charge in [-0.25, -0.2) is 5.43 Å². The van der Waals surface area contributed by atoms with E-state index in [9.17, 15) is 9.59 Å². The molecule has 1 aliphatic rings. The van der Waals surface area contributed by atoms with E-state index < -0.39 is 11.8 Å². The number of nitrogens with one attached hydrogen (secondary N) is 1. The number of methoxy groups -OCH3 is 3. The lowest BCUT2D eigenvalue weighted by Crippen LogP contribution is -2.52. The standard InChI is InChI=1S/C22H26N4O5/c1-29-17-9-8-16(20(14-17)31-3)15-23-24-21(27)22(28)26-12-10-25(11-13-26)18-6-4-5-7-19(18)30-2/h4-9,14-15H,10-13H2,1-3H3,(H,24,27)/b23-15-. The fourth-order valence-corrected chi connectivity index (χ4v) is 3.32. The Morgan fingerprint density at radius 3 is 2.32 bits per heavy atom. The molecular weight excluding hydrogens is 400 g/mol. The molecule has 164 valence electrons. The van der Waals surface area contributed by atoms with Crippen molar-refractivity contribution in [2.45, 2.75) is 0 Å². The molecule has 0 atom stereocenters. The Morgan fingerprint density at radius 1 is 0.935 bits per heavy atom. The van der Waals surface area contributed by atoms with Gasteiger partial charge in [0.1, 0.15) is 17.2 Å². The van der Waals surface area contributed by atoms with Crippen LogP contribution in [0, 0.1) is 0 Å². The SMILES string of the molecule is COc1ccc(/C=N\NC(=O)C(=O)N2CCN(c3ccccc3OC)CC2)c(OC)c1. The van der Waals surface area contributed by atoms with Crippen LogP contribution in [0.1, 0.15) is 5.56 Å². The number of nitrogens with zero attached hydrogens (tertiary/aromatic N) is 3. The molecule has 31 heavy (non-hydrogen) atoms. The Kier molecular flexibility index (Phi) is 7.31. The molecule has 0 saturated carbocycles. The maximum atomic E-state index is 12.5. The van der Waals surface area contributed by atoms with Gasteiger partial charge in [0.2, 0.25) is 0 Å². The summed E-state index contributed by atoms with van der Waals surface area (Å²) in [5, 5.41) is 3.89. The lowest BCUT2D eigenvalue weighted by atomic mass is 10.2. The number of anilines is 1. The van der Waals surface area contributed by atoms with E-state index in [0.29, 0.717) is 43.2 Å². The van der Waals surface area contributed by atoms with Gasteiger partial charge in [0.25, 0.3) is 0 Å². The van der Waals surface area contributed by atoms with E-state index in [0.717, 1.165) is 11.4 Å². The molecule has 3 rings (SSSR count). The number of rotatable bonds is 6. The maximum Gasteiger partial charge on any atom is 0.329 e. The Morgan fingerprint density at radius 2 is 1.65 bits per heavy atom. The van der Waals surface area contributed by atoms with Gasteiger partial charge in [0.05, 0.1) is 33.2 Å². The van der Waals surface area contributed by atoms with E-state index in [4.69, 9.17) is 14.2 Å². The normalized spacial score (nSPS) is 13.8. The molecule has 1 fully saturated rings. The zero-order chi connectivity index (χ0) is 22.2. The smallest absolute Gasteiger partial charge is 0.329 e. The number of hydrazone groups is 1. The lowest BCUT2D eigenvalue weighted by molar-refractivity contribution is -0.146. The molecule has 2 amide bonds. The number of piperazine rings is 1. The fraction of sp³-hybridized carbons (Fsp3) is 0.318. The van der Waals surface area contributed by atoms with Gasteiger partial charge in [0.15, 0.2) is 0 Å². The fourth-order valence-electron chi connectivity index (χ4n) is 3.32. The van der Waals surface area contributed by atoms with Crippen molar-refractivity contribution in [1.82, 2.24) is 10.3 Å². The van der Waals surface area contributed by atoms with Crippen molar-refractivity contribution >= 4 is 23.7 Å². The van der Waals surface area contributed by atoms with Crippen molar-refractivity contribution in [3.63, 3.8) is 0 Å². The van der Waals surface area contributed by atoms with Crippen molar-refractivity contribution in [2.24, 2.45) is 5.10 Å². The van der Waals surface area contributed by atoms with Crippen LogP contribution in [-0.2, 0) is 9.59 Å². The van der Waals surface area contributed by atoms with E-state index in [2.05, 4.69) is 15.4 Å². The molecule has 9 nitrogen and oxygen atoms in total. The van der Waals surface area contributed by atoms with Crippen molar-refractivity contribution < 1.29 is 23.8 Å². The molecule has 0 aliphatic carbocycles. The van der Waals surface area contributed by atoms with Gasteiger partial charge in [-0.3, -0.25) is 9.59 Å². The van der Waals surface area contributed by atoms with Crippen LogP contribution in [0.25, 0.3) is 0 Å². The topological polar surface area (TPSA) is 92.7 Å². The van der Waals surface area contributed by atoms with Crippen LogP contribution in [-0.4, -0.2) is 70.4 Å². The highest BCUT2D eigenvalue weighted by Crippen LogP contribution is 2.28. The van der Waals surface area contributed by atoms with Crippen LogP contribution in [0.3, 0.4) is 0 Å². The van der Waals surface area contributed by atoms with Crippen molar-refractivity contribution in [2.75, 3.05) is 52.4 Å². The van der Waals surface area contributed by atoms with Gasteiger partial charge < -0.3 is 24.0 Å². The number of carbonyl (C=O) groups is 2. The molecule has 0 unspecified atom stereocenters. The monoisotopic (exact) mass is 426 g/mol. The van der Waals surface area contributed by atoms with Crippen LogP contribution < -0.4 is 24.5 Å². The van der Waals surface area contributed by atoms with Crippen molar-refractivity contribution in [3.8, 4) is 17.2 Å². The summed E-state index contributed by atoms with van der Waals surface area (Å²) in [6, 6.07) is 12.9. The quantitative estimate of drug-likeness (QED) is 0.428. The second-order valence-corrected chi connectivity index (χ2v) is 6.76. The van der Waals surface area contributed by atoms with E-state index in [1.54, 1.807) is 32.4 Å². The number of ether oxygens (including phenoxy) is 3. The molecule has 1 saturated heterocycles. The predicted molar refractivity (Wildman–Crippen MR) is 117 cm³/mol. The largest absolute Gasteiger partial charge is 0.497 e. The van der Waals surface area contributed by atoms with Gasteiger partial charge in [-0.15, -0.1) is 0 Å². The Labute approximate surface area is 181 Å². The Bertz CT molecular complexity index is 955.